The first-order chi connectivity index (χ1) is 12.7. The zero-order valence-electron chi connectivity index (χ0n) is 14.3. The Hall–Kier alpha value is -3.25. The molecule has 0 spiro atoms. The summed E-state index contributed by atoms with van der Waals surface area (Å²) in [7, 11) is 1.58. The lowest BCUT2D eigenvalue weighted by Crippen LogP contribution is -2.37. The number of primary amides is 1. The van der Waals surface area contributed by atoms with Crippen molar-refractivity contribution in [1.82, 2.24) is 14.7 Å². The number of carbonyl (C=O) groups excluding carboxylic acids is 2. The predicted octanol–water partition coefficient (Wildman–Crippen LogP) is 0.854. The summed E-state index contributed by atoms with van der Waals surface area (Å²) in [4.78, 5) is 24.7. The number of halogens is 2. The number of benzene rings is 1. The molecule has 1 aromatic heterocycles. The minimum Gasteiger partial charge on any atom is -0.369 e. The number of likely N-dealkylation sites (N-methyl/N-ethyl adjacent to an activating group) is 1. The third-order valence-electron chi connectivity index (χ3n) is 4.24. The van der Waals surface area contributed by atoms with Gasteiger partial charge in [0, 0.05) is 31.8 Å². The largest absolute Gasteiger partial charge is 0.369 e. The lowest BCUT2D eigenvalue weighted by atomic mass is 10.0. The number of alkyl halides is 2. The minimum atomic E-state index is -2.90. The van der Waals surface area contributed by atoms with Gasteiger partial charge in [-0.25, -0.2) is 13.5 Å². The summed E-state index contributed by atoms with van der Waals surface area (Å²) < 4.78 is 27.2. The second kappa shape index (κ2) is 6.81. The van der Waals surface area contributed by atoms with Gasteiger partial charge < -0.3 is 15.7 Å². The van der Waals surface area contributed by atoms with Crippen LogP contribution < -0.4 is 5.73 Å². The fourth-order valence-corrected chi connectivity index (χ4v) is 2.74. The molecule has 1 atom stereocenters. The van der Waals surface area contributed by atoms with Crippen LogP contribution in [0.25, 0.3) is 5.69 Å². The van der Waals surface area contributed by atoms with Crippen LogP contribution in [-0.2, 0) is 4.79 Å². The number of nitrogens with zero attached hydrogens (tertiary/aromatic N) is 3. The van der Waals surface area contributed by atoms with Crippen molar-refractivity contribution in [3.63, 3.8) is 0 Å². The molecule has 0 saturated carbocycles. The summed E-state index contributed by atoms with van der Waals surface area (Å²) in [5.74, 6) is 3.79. The van der Waals surface area contributed by atoms with Crippen LogP contribution in [-0.4, -0.2) is 50.8 Å². The summed E-state index contributed by atoms with van der Waals surface area (Å²) in [6.07, 6.45) is -1.67. The number of amides is 2. The summed E-state index contributed by atoms with van der Waals surface area (Å²) in [6.45, 7) is 0.406. The number of hydrogen-bond acceptors (Lipinski definition) is 4. The Labute approximate surface area is 153 Å². The highest BCUT2D eigenvalue weighted by Crippen LogP contribution is 2.24. The Bertz CT molecular complexity index is 976. The molecule has 2 aromatic rings. The highest BCUT2D eigenvalue weighted by Gasteiger charge is 2.42. The first-order valence-corrected chi connectivity index (χ1v) is 8.00. The molecule has 0 aliphatic carbocycles. The maximum atomic E-state index is 13.1. The summed E-state index contributed by atoms with van der Waals surface area (Å²) >= 11 is 0. The Morgan fingerprint density at radius 2 is 2.19 bits per heavy atom. The topological polar surface area (TPSA) is 101 Å². The molecule has 1 aliphatic rings. The van der Waals surface area contributed by atoms with Crippen molar-refractivity contribution in [3.8, 4) is 17.5 Å². The average molecular weight is 374 g/mol. The van der Waals surface area contributed by atoms with Gasteiger partial charge in [-0.1, -0.05) is 17.9 Å². The van der Waals surface area contributed by atoms with Crippen molar-refractivity contribution in [2.75, 3.05) is 13.6 Å². The number of likely N-dealkylation sites (tertiary alicyclic amines) is 1. The molecule has 1 aliphatic heterocycles. The van der Waals surface area contributed by atoms with Crippen LogP contribution in [0.4, 0.5) is 8.78 Å². The molecule has 0 unspecified atom stereocenters. The van der Waals surface area contributed by atoms with Crippen molar-refractivity contribution >= 4 is 11.8 Å². The van der Waals surface area contributed by atoms with E-state index in [1.54, 1.807) is 25.2 Å². The van der Waals surface area contributed by atoms with Crippen molar-refractivity contribution in [2.45, 2.75) is 18.4 Å². The minimum absolute atomic E-state index is 0.202. The van der Waals surface area contributed by atoms with E-state index in [2.05, 4.69) is 16.9 Å². The average Bonchev–Trinajstić information content (AvgIpc) is 3.19. The van der Waals surface area contributed by atoms with Gasteiger partial charge >= 0.3 is 0 Å². The molecule has 3 N–H and O–H groups in total. The third-order valence-corrected chi connectivity index (χ3v) is 4.24. The first-order valence-electron chi connectivity index (χ1n) is 8.00. The molecule has 140 valence electrons. The molecular weight excluding hydrogens is 358 g/mol. The van der Waals surface area contributed by atoms with Crippen LogP contribution >= 0.6 is 0 Å². The second-order valence-corrected chi connectivity index (χ2v) is 6.18. The quantitative estimate of drug-likeness (QED) is 0.778. The lowest BCUT2D eigenvalue weighted by Gasteiger charge is -2.13. The van der Waals surface area contributed by atoms with Gasteiger partial charge in [-0.3, -0.25) is 9.59 Å². The van der Waals surface area contributed by atoms with Crippen molar-refractivity contribution in [3.05, 3.63) is 47.3 Å². The highest BCUT2D eigenvalue weighted by atomic mass is 19.3. The van der Waals surface area contributed by atoms with Gasteiger partial charge in [0.05, 0.1) is 11.3 Å². The SMILES string of the molecule is CN1CC[C@@](O)(C#Cc2cccc(-n3cc(C(F)F)c(C(N)=O)n3)c2)C1=O. The van der Waals surface area contributed by atoms with Crippen molar-refractivity contribution < 1.29 is 23.5 Å². The maximum Gasteiger partial charge on any atom is 0.269 e. The smallest absolute Gasteiger partial charge is 0.269 e. The molecule has 0 bridgehead atoms. The van der Waals surface area contributed by atoms with Crippen molar-refractivity contribution in [2.24, 2.45) is 5.73 Å². The van der Waals surface area contributed by atoms with E-state index in [4.69, 9.17) is 5.73 Å². The fourth-order valence-electron chi connectivity index (χ4n) is 2.74. The van der Waals surface area contributed by atoms with Crippen LogP contribution in [0.2, 0.25) is 0 Å². The van der Waals surface area contributed by atoms with E-state index in [1.165, 1.54) is 11.0 Å². The summed E-state index contributed by atoms with van der Waals surface area (Å²) in [6, 6.07) is 6.36. The first kappa shape index (κ1) is 18.5. The molecule has 2 heterocycles. The van der Waals surface area contributed by atoms with E-state index < -0.39 is 35.1 Å². The van der Waals surface area contributed by atoms with E-state index >= 15 is 0 Å². The van der Waals surface area contributed by atoms with Crippen LogP contribution in [0.15, 0.2) is 30.5 Å². The molecule has 0 radical (unpaired) electrons. The Morgan fingerprint density at radius 3 is 2.74 bits per heavy atom. The van der Waals surface area contributed by atoms with Gasteiger partial charge in [0.15, 0.2) is 5.69 Å². The second-order valence-electron chi connectivity index (χ2n) is 6.18. The Balaban J connectivity index is 1.94. The number of aliphatic hydroxyl groups is 1. The van der Waals surface area contributed by atoms with Gasteiger partial charge in [-0.05, 0) is 18.2 Å². The molecule has 1 aromatic carbocycles. The van der Waals surface area contributed by atoms with Crippen LogP contribution in [0.1, 0.15) is 34.5 Å². The van der Waals surface area contributed by atoms with Crippen LogP contribution in [0, 0.1) is 11.8 Å². The Kier molecular flexibility index (Phi) is 4.68. The number of hydrogen-bond donors (Lipinski definition) is 2. The molecule has 1 saturated heterocycles. The van der Waals surface area contributed by atoms with E-state index in [-0.39, 0.29) is 6.42 Å². The monoisotopic (exact) mass is 374 g/mol. The number of nitrogens with two attached hydrogens (primary N) is 1. The third kappa shape index (κ3) is 3.52. The zero-order chi connectivity index (χ0) is 19.8. The Morgan fingerprint density at radius 1 is 1.44 bits per heavy atom. The van der Waals surface area contributed by atoms with Crippen LogP contribution in [0.3, 0.4) is 0 Å². The normalized spacial score (nSPS) is 19.3. The van der Waals surface area contributed by atoms with Gasteiger partial charge in [-0.15, -0.1) is 0 Å². The van der Waals surface area contributed by atoms with Crippen molar-refractivity contribution in [1.29, 1.82) is 0 Å². The van der Waals surface area contributed by atoms with E-state index in [0.29, 0.717) is 17.8 Å². The van der Waals surface area contributed by atoms with E-state index in [9.17, 15) is 23.5 Å². The molecule has 7 nitrogen and oxygen atoms in total. The molecule has 9 heteroatoms. The molecule has 2 amide bonds. The molecule has 3 rings (SSSR count). The van der Waals surface area contributed by atoms with E-state index in [1.807, 2.05) is 0 Å². The van der Waals surface area contributed by atoms with Gasteiger partial charge in [-0.2, -0.15) is 5.10 Å². The van der Waals surface area contributed by atoms with Crippen LogP contribution in [0.5, 0.6) is 0 Å². The predicted molar refractivity (Wildman–Crippen MR) is 91.1 cm³/mol. The zero-order valence-corrected chi connectivity index (χ0v) is 14.3. The number of carbonyl (C=O) groups is 2. The van der Waals surface area contributed by atoms with Gasteiger partial charge in [0.25, 0.3) is 18.2 Å². The van der Waals surface area contributed by atoms with Gasteiger partial charge in [0.2, 0.25) is 5.60 Å². The summed E-state index contributed by atoms with van der Waals surface area (Å²) in [5.41, 5.74) is 3.11. The summed E-state index contributed by atoms with van der Waals surface area (Å²) in [5, 5.41) is 14.1. The fraction of sp³-hybridized carbons (Fsp3) is 0.278. The molecule has 27 heavy (non-hydrogen) atoms. The maximum absolute atomic E-state index is 13.1. The standard InChI is InChI=1S/C18H16F2N4O3/c1-23-8-7-18(27,17(23)26)6-5-11-3-2-4-12(9-11)24-10-13(15(19)20)14(22-24)16(21)25/h2-4,9-10,15,27H,7-8H2,1H3,(H2,21,25)/t18-/m0/s1. The lowest BCUT2D eigenvalue weighted by molar-refractivity contribution is -0.137. The van der Waals surface area contributed by atoms with E-state index in [0.717, 1.165) is 10.9 Å². The van der Waals surface area contributed by atoms with Gasteiger partial charge in [0.1, 0.15) is 0 Å². The molecular formula is C18H16F2N4O3. The number of rotatable bonds is 3. The highest BCUT2D eigenvalue weighted by molar-refractivity contribution is 5.92. The number of aromatic nitrogens is 2. The molecule has 1 fully saturated rings.